The topological polar surface area (TPSA) is 115 Å². The van der Waals surface area contributed by atoms with Gasteiger partial charge in [0.05, 0.1) is 16.6 Å². The Bertz CT molecular complexity index is 583. The standard InChI is InChI=1S/C14H21FN4O3.ClH/c1-8(2)11(16)4-5-18(3)14(20)10-6-9(15)7-12(13(10)17)19(21)22;/h6-8,11H,4-5,16-17H2,1-3H3;1H. The van der Waals surface area contributed by atoms with Gasteiger partial charge in [0, 0.05) is 19.6 Å². The number of carbonyl (C=O) groups is 1. The predicted molar refractivity (Wildman–Crippen MR) is 89.1 cm³/mol. The molecule has 1 unspecified atom stereocenters. The lowest BCUT2D eigenvalue weighted by molar-refractivity contribution is -0.384. The minimum absolute atomic E-state index is 0. The third kappa shape index (κ3) is 5.33. The van der Waals surface area contributed by atoms with Gasteiger partial charge in [-0.2, -0.15) is 0 Å². The summed E-state index contributed by atoms with van der Waals surface area (Å²) in [6.45, 7) is 4.29. The van der Waals surface area contributed by atoms with Crippen LogP contribution in [0.5, 0.6) is 0 Å². The highest BCUT2D eigenvalue weighted by Crippen LogP contribution is 2.27. The van der Waals surface area contributed by atoms with Gasteiger partial charge in [-0.15, -0.1) is 12.4 Å². The SMILES string of the molecule is CC(C)C(N)CCN(C)C(=O)c1cc(F)cc([N+](=O)[O-])c1N.Cl. The van der Waals surface area contributed by atoms with E-state index in [4.69, 9.17) is 11.5 Å². The highest BCUT2D eigenvalue weighted by Gasteiger charge is 2.24. The first-order chi connectivity index (χ1) is 10.1. The quantitative estimate of drug-likeness (QED) is 0.464. The van der Waals surface area contributed by atoms with E-state index in [-0.39, 0.29) is 35.6 Å². The van der Waals surface area contributed by atoms with Crippen LogP contribution in [0.4, 0.5) is 15.8 Å². The third-order valence-corrected chi connectivity index (χ3v) is 3.55. The summed E-state index contributed by atoms with van der Waals surface area (Å²) in [6, 6.07) is 1.53. The summed E-state index contributed by atoms with van der Waals surface area (Å²) in [4.78, 5) is 23.6. The number of anilines is 1. The predicted octanol–water partition coefficient (Wildman–Crippen LogP) is 2.18. The van der Waals surface area contributed by atoms with Crippen molar-refractivity contribution in [3.63, 3.8) is 0 Å². The number of nitrogen functional groups attached to an aromatic ring is 1. The number of halogens is 2. The van der Waals surface area contributed by atoms with Gasteiger partial charge in [-0.3, -0.25) is 14.9 Å². The first-order valence-corrected chi connectivity index (χ1v) is 6.89. The molecule has 23 heavy (non-hydrogen) atoms. The Morgan fingerprint density at radius 1 is 1.43 bits per heavy atom. The van der Waals surface area contributed by atoms with Crippen LogP contribution in [0, 0.1) is 21.8 Å². The Kier molecular flexibility index (Phi) is 7.91. The molecule has 0 radical (unpaired) electrons. The summed E-state index contributed by atoms with van der Waals surface area (Å²) in [7, 11) is 1.52. The first-order valence-electron chi connectivity index (χ1n) is 6.89. The van der Waals surface area contributed by atoms with Crippen molar-refractivity contribution in [2.75, 3.05) is 19.3 Å². The first kappa shape index (κ1) is 21.1. The second kappa shape index (κ2) is 8.64. The molecule has 1 atom stereocenters. The van der Waals surface area contributed by atoms with Crippen molar-refractivity contribution in [3.05, 3.63) is 33.6 Å². The lowest BCUT2D eigenvalue weighted by Gasteiger charge is -2.22. The van der Waals surface area contributed by atoms with Crippen molar-refractivity contribution in [2.45, 2.75) is 26.3 Å². The highest BCUT2D eigenvalue weighted by atomic mass is 35.5. The average molecular weight is 349 g/mol. The fourth-order valence-corrected chi connectivity index (χ4v) is 1.91. The van der Waals surface area contributed by atoms with Crippen molar-refractivity contribution in [2.24, 2.45) is 11.7 Å². The van der Waals surface area contributed by atoms with Crippen LogP contribution in [0.15, 0.2) is 12.1 Å². The van der Waals surface area contributed by atoms with Crippen LogP contribution >= 0.6 is 12.4 Å². The van der Waals surface area contributed by atoms with Crippen LogP contribution in [0.2, 0.25) is 0 Å². The van der Waals surface area contributed by atoms with Gasteiger partial charge in [-0.1, -0.05) is 13.8 Å². The fourth-order valence-electron chi connectivity index (χ4n) is 1.91. The zero-order chi connectivity index (χ0) is 17.0. The van der Waals surface area contributed by atoms with E-state index < -0.39 is 22.3 Å². The van der Waals surface area contributed by atoms with Gasteiger partial charge in [0.1, 0.15) is 11.5 Å². The maximum Gasteiger partial charge on any atom is 0.295 e. The lowest BCUT2D eigenvalue weighted by atomic mass is 10.0. The molecule has 0 spiro atoms. The summed E-state index contributed by atoms with van der Waals surface area (Å²) in [5.74, 6) is -1.18. The highest BCUT2D eigenvalue weighted by molar-refractivity contribution is 6.00. The number of rotatable bonds is 6. The number of hydrogen-bond donors (Lipinski definition) is 2. The van der Waals surface area contributed by atoms with Crippen molar-refractivity contribution in [1.82, 2.24) is 4.90 Å². The van der Waals surface area contributed by atoms with Gasteiger partial charge in [-0.05, 0) is 18.4 Å². The third-order valence-electron chi connectivity index (χ3n) is 3.55. The maximum atomic E-state index is 13.5. The van der Waals surface area contributed by atoms with E-state index >= 15 is 0 Å². The summed E-state index contributed by atoms with van der Waals surface area (Å²) >= 11 is 0. The van der Waals surface area contributed by atoms with Gasteiger partial charge in [0.25, 0.3) is 11.6 Å². The number of hydrogen-bond acceptors (Lipinski definition) is 5. The number of carbonyl (C=O) groups excluding carboxylic acids is 1. The number of nitro benzene ring substituents is 1. The van der Waals surface area contributed by atoms with E-state index in [1.54, 1.807) is 0 Å². The Hall–Kier alpha value is -1.93. The summed E-state index contributed by atoms with van der Waals surface area (Å²) in [5, 5.41) is 10.8. The number of amides is 1. The van der Waals surface area contributed by atoms with Crippen LogP contribution in [-0.2, 0) is 0 Å². The molecule has 0 aromatic heterocycles. The molecular formula is C14H22ClFN4O3. The Morgan fingerprint density at radius 2 is 2.00 bits per heavy atom. The minimum Gasteiger partial charge on any atom is -0.393 e. The van der Waals surface area contributed by atoms with E-state index in [2.05, 4.69) is 0 Å². The molecule has 0 fully saturated rings. The van der Waals surface area contributed by atoms with E-state index in [0.29, 0.717) is 19.0 Å². The molecule has 130 valence electrons. The van der Waals surface area contributed by atoms with Crippen molar-refractivity contribution < 1.29 is 14.1 Å². The molecule has 0 aliphatic carbocycles. The smallest absolute Gasteiger partial charge is 0.295 e. The monoisotopic (exact) mass is 348 g/mol. The van der Waals surface area contributed by atoms with E-state index in [1.165, 1.54) is 11.9 Å². The number of nitro groups is 1. The number of benzene rings is 1. The van der Waals surface area contributed by atoms with Gasteiger partial charge < -0.3 is 16.4 Å². The van der Waals surface area contributed by atoms with Crippen molar-refractivity contribution >= 4 is 29.7 Å². The molecule has 0 saturated heterocycles. The van der Waals surface area contributed by atoms with Crippen LogP contribution in [0.25, 0.3) is 0 Å². The largest absolute Gasteiger partial charge is 0.393 e. The summed E-state index contributed by atoms with van der Waals surface area (Å²) in [6.07, 6.45) is 0.567. The number of nitrogens with two attached hydrogens (primary N) is 2. The van der Waals surface area contributed by atoms with E-state index in [1.807, 2.05) is 13.8 Å². The van der Waals surface area contributed by atoms with Crippen molar-refractivity contribution in [1.29, 1.82) is 0 Å². The van der Waals surface area contributed by atoms with Crippen LogP contribution < -0.4 is 11.5 Å². The molecule has 0 bridgehead atoms. The zero-order valence-corrected chi connectivity index (χ0v) is 14.1. The molecule has 0 heterocycles. The van der Waals surface area contributed by atoms with Gasteiger partial charge in [-0.25, -0.2) is 4.39 Å². The van der Waals surface area contributed by atoms with Crippen LogP contribution in [0.1, 0.15) is 30.6 Å². The molecule has 9 heteroatoms. The van der Waals surface area contributed by atoms with Crippen molar-refractivity contribution in [3.8, 4) is 0 Å². The molecule has 4 N–H and O–H groups in total. The average Bonchev–Trinajstić information content (AvgIpc) is 2.45. The fraction of sp³-hybridized carbons (Fsp3) is 0.500. The molecule has 1 aromatic rings. The van der Waals surface area contributed by atoms with Crippen LogP contribution in [-0.4, -0.2) is 35.4 Å². The molecule has 1 amide bonds. The normalized spacial score (nSPS) is 11.7. The molecule has 7 nitrogen and oxygen atoms in total. The number of nitrogens with zero attached hydrogens (tertiary/aromatic N) is 2. The molecule has 1 aromatic carbocycles. The maximum absolute atomic E-state index is 13.5. The van der Waals surface area contributed by atoms with E-state index in [9.17, 15) is 19.3 Å². The van der Waals surface area contributed by atoms with Gasteiger partial charge in [0.2, 0.25) is 0 Å². The zero-order valence-electron chi connectivity index (χ0n) is 13.3. The summed E-state index contributed by atoms with van der Waals surface area (Å²) in [5.41, 5.74) is 10.4. The Balaban J connectivity index is 0.00000484. The summed E-state index contributed by atoms with van der Waals surface area (Å²) < 4.78 is 13.5. The van der Waals surface area contributed by atoms with Gasteiger partial charge in [0.15, 0.2) is 0 Å². The minimum atomic E-state index is -0.878. The second-order valence-corrected chi connectivity index (χ2v) is 5.57. The second-order valence-electron chi connectivity index (χ2n) is 5.57. The van der Waals surface area contributed by atoms with Gasteiger partial charge >= 0.3 is 0 Å². The Labute approximate surface area is 140 Å². The molecule has 1 rings (SSSR count). The molecule has 0 aliphatic rings. The Morgan fingerprint density at radius 3 is 2.48 bits per heavy atom. The molecular weight excluding hydrogens is 327 g/mol. The lowest BCUT2D eigenvalue weighted by Crippen LogP contribution is -2.35. The van der Waals surface area contributed by atoms with Crippen LogP contribution in [0.3, 0.4) is 0 Å². The molecule has 0 saturated carbocycles. The molecule has 0 aliphatic heterocycles. The van der Waals surface area contributed by atoms with E-state index in [0.717, 1.165) is 6.07 Å².